The van der Waals surface area contributed by atoms with Crippen LogP contribution in [0.2, 0.25) is 0 Å². The van der Waals surface area contributed by atoms with Crippen molar-refractivity contribution in [3.05, 3.63) is 0 Å². The molecule has 0 unspecified atom stereocenters. The van der Waals surface area contributed by atoms with E-state index >= 15 is 0 Å². The molecule has 1 nitrogen and oxygen atoms in total. The van der Waals surface area contributed by atoms with E-state index in [9.17, 15) is 0 Å². The number of hydrogen-bond acceptors (Lipinski definition) is 1. The zero-order valence-corrected chi connectivity index (χ0v) is 0.707. The lowest BCUT2D eigenvalue weighted by molar-refractivity contribution is 2.13. The molecule has 0 aromatic heterocycles. The summed E-state index contributed by atoms with van der Waals surface area (Å²) in [5, 5.41) is 0. The van der Waals surface area contributed by atoms with Crippen LogP contribution in [0.5, 0.6) is 0 Å². The first-order chi connectivity index (χ1) is 0. The van der Waals surface area contributed by atoms with Crippen LogP contribution >= 0.6 is 0 Å². The molecule has 0 fully saturated rings. The smallest absolute Gasteiger partial charge is 0.0776 e. The van der Waals surface area contributed by atoms with E-state index in [1.165, 1.54) is 0 Å². The van der Waals surface area contributed by atoms with Crippen molar-refractivity contribution in [2.75, 3.05) is 0 Å². The van der Waals surface area contributed by atoms with Gasteiger partial charge in [0.2, 0.25) is 0 Å². The Hall–Kier alpha value is -0.0400. The Morgan fingerprint density at radius 1 is 0.0800 bits per heavy atom. The van der Waals surface area contributed by atoms with Crippen LogP contribution in [-0.4, -0.2) is 0 Å². The molecule has 0 saturated heterocycles. The van der Waals surface area contributed by atoms with Gasteiger partial charge in [-0.05, 0) is 0 Å². The maximum atomic E-state index is 0. The highest BCUT2D eigenvalue weighted by Gasteiger charge is -0.0545. The van der Waals surface area contributed by atoms with Crippen molar-refractivity contribution < 1.29 is 0 Å². The minimum Gasteiger partial charge on any atom is -0.344 e. The third-order valence-corrected chi connectivity index (χ3v) is 0. The van der Waals surface area contributed by atoms with Crippen LogP contribution in [0.4, 0.5) is 0 Å². The Morgan fingerprint density at radius 3 is 0.0800 bits per heavy atom. The van der Waals surface area contributed by atoms with Gasteiger partial charge in [0, 0.05) is 0 Å². The van der Waals surface area contributed by atoms with Crippen molar-refractivity contribution in [1.29, 1.82) is 0 Å². The third kappa shape index (κ3) is 7220000. The van der Waals surface area contributed by atoms with Crippen LogP contribution in [0.25, 0.3) is 0 Å². The first kappa shape index (κ1) is 8960000. The van der Waals surface area contributed by atoms with Gasteiger partial charge in [0.15, 0.2) is 0 Å². The largest absolute Gasteiger partial charge is 0.344 e. The molecule has 0 aromatic rings. The maximum absolute atomic E-state index is 0. The second-order valence-corrected chi connectivity index (χ2v) is 0. The Kier molecular flexibility index (Phi) is 2830000000000. The summed E-state index contributed by atoms with van der Waals surface area (Å²) in [6.45, 7) is 0. The summed E-state index contributed by atoms with van der Waals surface area (Å²) in [5.74, 6) is 0. The maximum Gasteiger partial charge on any atom is -0.0776 e. The standard InChI is InChI=1S/24CH4.H3N/h24*1H4;1H3. The number of rotatable bonds is 0. The second-order valence-electron chi connectivity index (χ2n) is 0. The van der Waals surface area contributed by atoms with E-state index < -0.39 is 0 Å². The summed E-state index contributed by atoms with van der Waals surface area (Å²) in [6.07, 6.45) is 0. The average molecular weight is 402 g/mol. The van der Waals surface area contributed by atoms with Crippen molar-refractivity contribution >= 4 is 0 Å². The van der Waals surface area contributed by atoms with Crippen LogP contribution in [-0.2, 0) is 0 Å². The average Bonchev–Trinajstić information content (AvgIpc) is 0. The fourth-order valence-corrected chi connectivity index (χ4v) is 0. The van der Waals surface area contributed by atoms with E-state index in [0.29, 0.717) is 0 Å². The summed E-state index contributed by atoms with van der Waals surface area (Å²) in [4.78, 5) is 0. The normalized spacial score (nSPS) is 0. The molecule has 0 saturated carbocycles. The van der Waals surface area contributed by atoms with Gasteiger partial charge in [-0.25, -0.2) is 0 Å². The minimum atomic E-state index is 0. The predicted octanol–water partition coefficient (Wildman–Crippen LogP) is 15.4. The zero-order valence-electron chi connectivity index (χ0n) is 0.707. The molecule has 0 bridgehead atoms. The van der Waals surface area contributed by atoms with Gasteiger partial charge in [-0.15, -0.1) is 0 Å². The van der Waals surface area contributed by atoms with E-state index in [-0.39, 0.29) is 184 Å². The molecule has 0 aliphatic carbocycles. The van der Waals surface area contributed by atoms with E-state index in [4.69, 9.17) is 0 Å². The lowest BCUT2D eigenvalue weighted by Gasteiger charge is -0.344. The third-order valence-electron chi connectivity index (χ3n) is 0. The van der Waals surface area contributed by atoms with Crippen molar-refractivity contribution in [2.24, 2.45) is 0 Å². The highest BCUT2D eigenvalue weighted by Crippen LogP contribution is 0.167. The Bertz CT molecular complexity index is 6.06. The highest BCUT2D eigenvalue weighted by atomic mass is 14.0. The molecule has 0 aliphatic rings. The molecular formula is C24H99N. The van der Waals surface area contributed by atoms with Crippen molar-refractivity contribution in [3.8, 4) is 0 Å². The SMILES string of the molecule is C.C.C.C.C.C.C.C.C.C.C.C.C.C.C.C.C.C.C.C.C.C.C.C.N. The predicted molar refractivity (Wildman–Crippen MR) is 167 cm³/mol. The summed E-state index contributed by atoms with van der Waals surface area (Å²) in [5.41, 5.74) is 0. The van der Waals surface area contributed by atoms with Crippen LogP contribution in [0.3, 0.4) is 0 Å². The first-order valence-corrected chi connectivity index (χ1v) is 0. The van der Waals surface area contributed by atoms with E-state index in [0.717, 1.165) is 0 Å². The molecule has 25 heavy (non-hydrogen) atoms. The second kappa shape index (κ2) is 7890000. The van der Waals surface area contributed by atoms with Gasteiger partial charge >= 0.3 is 0 Å². The molecule has 0 heterocycles. The summed E-state index contributed by atoms with van der Waals surface area (Å²) >= 11 is 0. The molecule has 1 heteroatoms. The van der Waals surface area contributed by atoms with Crippen LogP contribution in [0.15, 0.2) is 0 Å². The van der Waals surface area contributed by atoms with Crippen LogP contribution in [0, 0.1) is 0 Å². The Morgan fingerprint density at radius 2 is 0.0800 bits per heavy atom. The molecule has 200 valence electrons. The van der Waals surface area contributed by atoms with Gasteiger partial charge in [0.1, 0.15) is 0 Å². The summed E-state index contributed by atoms with van der Waals surface area (Å²) in [7, 11) is 0. The van der Waals surface area contributed by atoms with Crippen LogP contribution in [0.1, 0.15) is 178 Å². The lowest BCUT2D eigenvalue weighted by Crippen LogP contribution is -0.481. The summed E-state index contributed by atoms with van der Waals surface area (Å²) < 4.78 is 0. The molecule has 0 atom stereocenters. The molecule has 0 radical (unpaired) electrons. The van der Waals surface area contributed by atoms with Gasteiger partial charge in [-0.3, -0.25) is 0 Å². The number of hydrogen-bond donors (Lipinski definition) is 1. The summed E-state index contributed by atoms with van der Waals surface area (Å²) in [6, 6.07) is 0. The molecule has 0 aliphatic heterocycles. The Labute approximate surface area is 184 Å². The quantitative estimate of drug-likeness (QED) is 0.430. The lowest BCUT2D eigenvalue weighted by atomic mass is 12.0. The van der Waals surface area contributed by atoms with Gasteiger partial charge in [-0.2, -0.15) is 0 Å². The minimum absolute atomic E-state index is 0. The van der Waals surface area contributed by atoms with Crippen LogP contribution < -0.4 is 6.15 Å². The first-order valence-electron chi connectivity index (χ1n) is 0. The highest BCUT2D eigenvalue weighted by molar-refractivity contribution is 2.53. The molecular weight excluding hydrogens is 302 g/mol. The van der Waals surface area contributed by atoms with Gasteiger partial charge in [0.05, 0.1) is 0 Å². The monoisotopic (exact) mass is 402 g/mol. The fraction of sp³-hybridized carbons (Fsp3) is 1.00. The Balaban J connectivity index is 0. The van der Waals surface area contributed by atoms with Gasteiger partial charge < -0.3 is 6.15 Å². The molecule has 0 aromatic carbocycles. The van der Waals surface area contributed by atoms with E-state index in [1.54, 1.807) is 0 Å². The molecule has 0 rings (SSSR count). The molecule has 0 amide bonds. The van der Waals surface area contributed by atoms with Crippen molar-refractivity contribution in [3.63, 3.8) is 0 Å². The molecule has 0 spiro atoms. The molecule has 3 N–H and O–H groups in total. The van der Waals surface area contributed by atoms with E-state index in [1.807, 2.05) is 0 Å². The van der Waals surface area contributed by atoms with E-state index in [2.05, 4.69) is 0 Å². The van der Waals surface area contributed by atoms with Gasteiger partial charge in [-0.1, -0.05) is 178 Å². The fourth-order valence-electron chi connectivity index (χ4n) is 0. The van der Waals surface area contributed by atoms with Gasteiger partial charge in [0.25, 0.3) is 0 Å². The van der Waals surface area contributed by atoms with Crippen molar-refractivity contribution in [1.82, 2.24) is 6.15 Å². The topological polar surface area (TPSA) is 35.0 Å². The zero-order chi connectivity index (χ0) is 0. The van der Waals surface area contributed by atoms with Crippen molar-refractivity contribution in [2.45, 2.75) is 178 Å².